The normalized spacial score (nSPS) is 11.3. The number of nitro benzene ring substituents is 1. The summed E-state index contributed by atoms with van der Waals surface area (Å²) in [6.07, 6.45) is 3.13. The lowest BCUT2D eigenvalue weighted by Gasteiger charge is -2.08. The lowest BCUT2D eigenvalue weighted by molar-refractivity contribution is -0.385. The minimum Gasteiger partial charge on any atom is -0.504 e. The van der Waals surface area contributed by atoms with Crippen LogP contribution in [0, 0.1) is 10.1 Å². The third-order valence-electron chi connectivity index (χ3n) is 4.64. The molecule has 0 aliphatic carbocycles. The van der Waals surface area contributed by atoms with Crippen molar-refractivity contribution >= 4 is 39.3 Å². The Morgan fingerprint density at radius 2 is 2.06 bits per heavy atom. The quantitative estimate of drug-likeness (QED) is 0.214. The van der Waals surface area contributed by atoms with Crippen LogP contribution in [0.1, 0.15) is 12.5 Å². The molecular formula is C22H17BrN4O5. The molecule has 2 aromatic carbocycles. The number of phenols is 2. The highest BCUT2D eigenvalue weighted by atomic mass is 79.9. The number of ether oxygens (including phenoxy) is 1. The summed E-state index contributed by atoms with van der Waals surface area (Å²) in [5.41, 5.74) is 1.54. The second kappa shape index (κ2) is 8.67. The van der Waals surface area contributed by atoms with Crippen molar-refractivity contribution in [3.8, 4) is 28.5 Å². The van der Waals surface area contributed by atoms with Crippen LogP contribution in [0.5, 0.6) is 17.2 Å². The molecule has 2 aromatic heterocycles. The van der Waals surface area contributed by atoms with E-state index in [1.807, 2.05) is 25.1 Å². The van der Waals surface area contributed by atoms with Gasteiger partial charge in [0.2, 0.25) is 5.75 Å². The first-order valence-corrected chi connectivity index (χ1v) is 10.3. The predicted octanol–water partition coefficient (Wildman–Crippen LogP) is 5.23. The van der Waals surface area contributed by atoms with Gasteiger partial charge in [0.05, 0.1) is 11.5 Å². The average Bonchev–Trinajstić information content (AvgIpc) is 3.14. The number of pyridine rings is 1. The topological polar surface area (TPSA) is 122 Å². The maximum Gasteiger partial charge on any atom is 0.312 e. The molecule has 32 heavy (non-hydrogen) atoms. The Bertz CT molecular complexity index is 1370. The summed E-state index contributed by atoms with van der Waals surface area (Å²) in [4.78, 5) is 19.7. The first-order chi connectivity index (χ1) is 15.4. The van der Waals surface area contributed by atoms with Gasteiger partial charge in [-0.05, 0) is 43.3 Å². The standard InChI is InChI=1S/C22H17BrN4O5/c1-2-32-18-10-13(6-7-17(18)28)20-22(26-8-4-3-5-19(26)25-20)24-12-14-9-15(23)11-16(21(14)29)27(30)31/h3-12,28-29H,2H2,1H3/b24-12+. The number of aromatic hydroxyl groups is 2. The first-order valence-electron chi connectivity index (χ1n) is 9.53. The summed E-state index contributed by atoms with van der Waals surface area (Å²) < 4.78 is 7.67. The molecular weight excluding hydrogens is 480 g/mol. The minimum atomic E-state index is -0.664. The predicted molar refractivity (Wildman–Crippen MR) is 123 cm³/mol. The summed E-state index contributed by atoms with van der Waals surface area (Å²) in [7, 11) is 0. The van der Waals surface area contributed by atoms with Crippen LogP contribution in [0.15, 0.2) is 64.2 Å². The number of halogens is 1. The molecule has 4 aromatic rings. The van der Waals surface area contributed by atoms with Gasteiger partial charge in [0.25, 0.3) is 0 Å². The van der Waals surface area contributed by atoms with Crippen LogP contribution in [-0.2, 0) is 0 Å². The van der Waals surface area contributed by atoms with Gasteiger partial charge < -0.3 is 14.9 Å². The van der Waals surface area contributed by atoms with Crippen LogP contribution in [-0.4, -0.2) is 37.3 Å². The molecule has 10 heteroatoms. The third kappa shape index (κ3) is 4.00. The Hall–Kier alpha value is -3.92. The number of aliphatic imine (C=N–C) groups is 1. The van der Waals surface area contributed by atoms with E-state index in [-0.39, 0.29) is 11.3 Å². The molecule has 4 rings (SSSR count). The third-order valence-corrected chi connectivity index (χ3v) is 5.10. The number of phenolic OH excluding ortho intramolecular Hbond substituents is 2. The number of hydrogen-bond donors (Lipinski definition) is 2. The van der Waals surface area contributed by atoms with Crippen molar-refractivity contribution in [2.75, 3.05) is 6.61 Å². The van der Waals surface area contributed by atoms with Gasteiger partial charge in [-0.15, -0.1) is 0 Å². The van der Waals surface area contributed by atoms with Crippen molar-refractivity contribution < 1.29 is 19.9 Å². The zero-order valence-electron chi connectivity index (χ0n) is 16.8. The van der Waals surface area contributed by atoms with Crippen LogP contribution in [0.2, 0.25) is 0 Å². The van der Waals surface area contributed by atoms with Crippen LogP contribution in [0.3, 0.4) is 0 Å². The molecule has 0 unspecified atom stereocenters. The molecule has 0 spiro atoms. The van der Waals surface area contributed by atoms with Gasteiger partial charge in [-0.1, -0.05) is 22.0 Å². The summed E-state index contributed by atoms with van der Waals surface area (Å²) in [5, 5.41) is 31.6. The summed E-state index contributed by atoms with van der Waals surface area (Å²) in [6.45, 7) is 2.20. The van der Waals surface area contributed by atoms with E-state index >= 15 is 0 Å². The van der Waals surface area contributed by atoms with Gasteiger partial charge in [0.15, 0.2) is 17.3 Å². The SMILES string of the molecule is CCOc1cc(-c2nc3ccccn3c2/N=C/c2cc(Br)cc([N+](=O)[O-])c2O)ccc1O. The summed E-state index contributed by atoms with van der Waals surface area (Å²) in [5.74, 6) is 0.282. The Balaban J connectivity index is 1.87. The molecule has 0 bridgehead atoms. The monoisotopic (exact) mass is 496 g/mol. The van der Waals surface area contributed by atoms with E-state index in [2.05, 4.69) is 25.9 Å². The number of nitro groups is 1. The van der Waals surface area contributed by atoms with E-state index in [1.54, 1.807) is 22.7 Å². The zero-order chi connectivity index (χ0) is 22.8. The minimum absolute atomic E-state index is 0.00998. The van der Waals surface area contributed by atoms with Gasteiger partial charge in [-0.25, -0.2) is 9.98 Å². The molecule has 2 N–H and O–H groups in total. The van der Waals surface area contributed by atoms with Crippen molar-refractivity contribution in [3.63, 3.8) is 0 Å². The molecule has 2 heterocycles. The molecule has 0 aliphatic rings. The molecule has 0 atom stereocenters. The van der Waals surface area contributed by atoms with Crippen molar-refractivity contribution in [1.29, 1.82) is 0 Å². The fraction of sp³-hybridized carbons (Fsp3) is 0.0909. The number of aromatic nitrogens is 2. The molecule has 0 aliphatic heterocycles. The Morgan fingerprint density at radius 1 is 1.25 bits per heavy atom. The number of fused-ring (bicyclic) bond motifs is 1. The highest BCUT2D eigenvalue weighted by molar-refractivity contribution is 9.10. The van der Waals surface area contributed by atoms with E-state index in [4.69, 9.17) is 4.74 Å². The molecule has 162 valence electrons. The number of hydrogen-bond acceptors (Lipinski definition) is 7. The van der Waals surface area contributed by atoms with E-state index < -0.39 is 16.4 Å². The number of benzene rings is 2. The summed E-state index contributed by atoms with van der Waals surface area (Å²) >= 11 is 3.22. The number of nitrogens with zero attached hydrogens (tertiary/aromatic N) is 4. The first kappa shape index (κ1) is 21.3. The second-order valence-electron chi connectivity index (χ2n) is 6.71. The lowest BCUT2D eigenvalue weighted by Crippen LogP contribution is -1.93. The maximum atomic E-state index is 11.2. The maximum absolute atomic E-state index is 11.2. The van der Waals surface area contributed by atoms with Gasteiger partial charge >= 0.3 is 5.69 Å². The fourth-order valence-electron chi connectivity index (χ4n) is 3.21. The molecule has 0 amide bonds. The zero-order valence-corrected chi connectivity index (χ0v) is 18.4. The highest BCUT2D eigenvalue weighted by Crippen LogP contribution is 2.37. The molecule has 9 nitrogen and oxygen atoms in total. The van der Waals surface area contributed by atoms with Crippen molar-refractivity contribution in [2.45, 2.75) is 6.92 Å². The van der Waals surface area contributed by atoms with Crippen molar-refractivity contribution in [1.82, 2.24) is 9.38 Å². The van der Waals surface area contributed by atoms with Crippen molar-refractivity contribution in [3.05, 3.63) is 74.9 Å². The fourth-order valence-corrected chi connectivity index (χ4v) is 3.67. The Morgan fingerprint density at radius 3 is 2.81 bits per heavy atom. The van der Waals surface area contributed by atoms with Gasteiger partial charge in [0, 0.05) is 34.1 Å². The number of rotatable bonds is 6. The molecule has 0 saturated heterocycles. The van der Waals surface area contributed by atoms with Crippen LogP contribution >= 0.6 is 15.9 Å². The van der Waals surface area contributed by atoms with E-state index in [9.17, 15) is 20.3 Å². The van der Waals surface area contributed by atoms with E-state index in [1.165, 1.54) is 24.4 Å². The number of imidazole rings is 1. The average molecular weight is 497 g/mol. The molecule has 0 radical (unpaired) electrons. The van der Waals surface area contributed by atoms with Gasteiger partial charge in [0.1, 0.15) is 11.3 Å². The van der Waals surface area contributed by atoms with Crippen LogP contribution in [0.25, 0.3) is 16.9 Å². The largest absolute Gasteiger partial charge is 0.504 e. The van der Waals surface area contributed by atoms with Crippen LogP contribution in [0.4, 0.5) is 11.5 Å². The smallest absolute Gasteiger partial charge is 0.312 e. The van der Waals surface area contributed by atoms with E-state index in [0.717, 1.165) is 0 Å². The van der Waals surface area contributed by atoms with Gasteiger partial charge in [-0.3, -0.25) is 14.5 Å². The summed E-state index contributed by atoms with van der Waals surface area (Å²) in [6, 6.07) is 13.1. The Labute approximate surface area is 190 Å². The highest BCUT2D eigenvalue weighted by Gasteiger charge is 2.19. The van der Waals surface area contributed by atoms with Crippen LogP contribution < -0.4 is 4.74 Å². The van der Waals surface area contributed by atoms with E-state index in [0.29, 0.717) is 39.6 Å². The Kier molecular flexibility index (Phi) is 5.78. The van der Waals surface area contributed by atoms with Crippen molar-refractivity contribution in [2.24, 2.45) is 4.99 Å². The second-order valence-corrected chi connectivity index (χ2v) is 7.62. The van der Waals surface area contributed by atoms with Gasteiger partial charge in [-0.2, -0.15) is 0 Å². The lowest BCUT2D eigenvalue weighted by atomic mass is 10.1. The molecule has 0 fully saturated rings. The molecule has 0 saturated carbocycles.